The van der Waals surface area contributed by atoms with Crippen molar-refractivity contribution in [3.05, 3.63) is 23.3 Å². The zero-order valence-electron chi connectivity index (χ0n) is 10.7. The number of methoxy groups -OCH3 is 2. The largest absolute Gasteiger partial charge is 0.496 e. The molecule has 1 aliphatic heterocycles. The molecule has 0 spiro atoms. The first kappa shape index (κ1) is 13.1. The van der Waals surface area contributed by atoms with Crippen LogP contribution in [-0.2, 0) is 11.4 Å². The van der Waals surface area contributed by atoms with Crippen molar-refractivity contribution in [1.82, 2.24) is 5.32 Å². The molecule has 1 N–H and O–H groups in total. The number of alkyl halides is 1. The fourth-order valence-corrected chi connectivity index (χ4v) is 2.11. The molecule has 1 aliphatic rings. The quantitative estimate of drug-likeness (QED) is 0.891. The lowest BCUT2D eigenvalue weighted by atomic mass is 10.0. The summed E-state index contributed by atoms with van der Waals surface area (Å²) in [7, 11) is 3.11. The lowest BCUT2D eigenvalue weighted by Gasteiger charge is -2.26. The monoisotopic (exact) mass is 255 g/mol. The van der Waals surface area contributed by atoms with Crippen molar-refractivity contribution in [1.29, 1.82) is 0 Å². The van der Waals surface area contributed by atoms with Crippen molar-refractivity contribution >= 4 is 0 Å². The van der Waals surface area contributed by atoms with Gasteiger partial charge in [0.1, 0.15) is 18.2 Å². The summed E-state index contributed by atoms with van der Waals surface area (Å²) in [6.45, 7) is 1.64. The number of ether oxygens (including phenoxy) is 3. The van der Waals surface area contributed by atoms with Crippen molar-refractivity contribution < 1.29 is 18.6 Å². The fourth-order valence-electron chi connectivity index (χ4n) is 2.11. The van der Waals surface area contributed by atoms with Gasteiger partial charge in [0.2, 0.25) is 0 Å². The molecule has 1 fully saturated rings. The van der Waals surface area contributed by atoms with E-state index < -0.39 is 6.67 Å². The van der Waals surface area contributed by atoms with Crippen molar-refractivity contribution in [3.63, 3.8) is 0 Å². The number of hydrogen-bond acceptors (Lipinski definition) is 4. The van der Waals surface area contributed by atoms with E-state index in [9.17, 15) is 4.39 Å². The highest BCUT2D eigenvalue weighted by Gasteiger charge is 2.22. The third-order valence-electron chi connectivity index (χ3n) is 3.05. The van der Waals surface area contributed by atoms with E-state index in [2.05, 4.69) is 5.32 Å². The van der Waals surface area contributed by atoms with Crippen LogP contribution in [0.4, 0.5) is 4.39 Å². The number of benzene rings is 1. The average molecular weight is 255 g/mol. The highest BCUT2D eigenvalue weighted by atomic mass is 19.1. The Balaban J connectivity index is 2.37. The lowest BCUT2D eigenvalue weighted by Crippen LogP contribution is -2.33. The Hall–Kier alpha value is -1.33. The van der Waals surface area contributed by atoms with Crippen molar-refractivity contribution in [3.8, 4) is 11.5 Å². The molecule has 18 heavy (non-hydrogen) atoms. The Kier molecular flexibility index (Phi) is 4.38. The third-order valence-corrected chi connectivity index (χ3v) is 3.05. The first-order valence-electron chi connectivity index (χ1n) is 5.93. The molecule has 1 aromatic rings. The summed E-state index contributed by atoms with van der Waals surface area (Å²) in [4.78, 5) is 0. The molecule has 1 aromatic carbocycles. The lowest BCUT2D eigenvalue weighted by molar-refractivity contribution is 0.0261. The standard InChI is InChI=1S/C13H18FNO3/c1-16-11-6-10(13-8-15-3-4-18-13)12(17-2)5-9(11)7-14/h5-6,13,15H,3-4,7-8H2,1-2H3. The normalized spacial score (nSPS) is 19.6. The van der Waals surface area contributed by atoms with Gasteiger partial charge in [-0.2, -0.15) is 0 Å². The molecule has 1 atom stereocenters. The van der Waals surface area contributed by atoms with Crippen LogP contribution in [0, 0.1) is 0 Å². The van der Waals surface area contributed by atoms with Gasteiger partial charge < -0.3 is 19.5 Å². The molecule has 2 rings (SSSR count). The van der Waals surface area contributed by atoms with Gasteiger partial charge >= 0.3 is 0 Å². The second kappa shape index (κ2) is 6.02. The van der Waals surface area contributed by atoms with Gasteiger partial charge in [-0.05, 0) is 12.1 Å². The summed E-state index contributed by atoms with van der Waals surface area (Å²) in [5.74, 6) is 1.17. The molecular formula is C13H18FNO3. The summed E-state index contributed by atoms with van der Waals surface area (Å²) < 4.78 is 29.1. The molecule has 0 amide bonds. The van der Waals surface area contributed by atoms with Crippen LogP contribution in [0.25, 0.3) is 0 Å². The summed E-state index contributed by atoms with van der Waals surface area (Å²) in [6, 6.07) is 3.47. The average Bonchev–Trinajstić information content (AvgIpc) is 2.46. The minimum atomic E-state index is -0.580. The van der Waals surface area contributed by atoms with Gasteiger partial charge in [0.05, 0.1) is 26.9 Å². The molecule has 1 heterocycles. The van der Waals surface area contributed by atoms with Gasteiger partial charge in [0, 0.05) is 24.2 Å². The molecule has 0 bridgehead atoms. The van der Waals surface area contributed by atoms with Crippen LogP contribution in [-0.4, -0.2) is 33.9 Å². The first-order valence-corrected chi connectivity index (χ1v) is 5.93. The van der Waals surface area contributed by atoms with E-state index in [4.69, 9.17) is 14.2 Å². The Morgan fingerprint density at radius 3 is 2.67 bits per heavy atom. The highest BCUT2D eigenvalue weighted by Crippen LogP contribution is 2.35. The van der Waals surface area contributed by atoms with E-state index in [1.165, 1.54) is 7.11 Å². The van der Waals surface area contributed by atoms with E-state index in [-0.39, 0.29) is 6.10 Å². The third kappa shape index (κ3) is 2.57. The van der Waals surface area contributed by atoms with Crippen LogP contribution in [0.5, 0.6) is 11.5 Å². The molecule has 5 heteroatoms. The van der Waals surface area contributed by atoms with Gasteiger partial charge in [-0.15, -0.1) is 0 Å². The predicted octanol–water partition coefficient (Wildman–Crippen LogP) is 1.83. The van der Waals surface area contributed by atoms with Crippen molar-refractivity contribution in [2.75, 3.05) is 33.9 Å². The molecule has 100 valence electrons. The highest BCUT2D eigenvalue weighted by molar-refractivity contribution is 5.47. The second-order valence-corrected chi connectivity index (χ2v) is 4.10. The number of rotatable bonds is 4. The molecule has 0 aromatic heterocycles. The van der Waals surface area contributed by atoms with Gasteiger partial charge in [0.25, 0.3) is 0 Å². The van der Waals surface area contributed by atoms with Gasteiger partial charge in [0.15, 0.2) is 0 Å². The summed E-state index contributed by atoms with van der Waals surface area (Å²) in [6.07, 6.45) is -0.0868. The molecule has 0 aliphatic carbocycles. The Bertz CT molecular complexity index is 405. The number of hydrogen-bond donors (Lipinski definition) is 1. The minimum absolute atomic E-state index is 0.0868. The Labute approximate surface area is 106 Å². The number of nitrogens with one attached hydrogen (secondary N) is 1. The zero-order chi connectivity index (χ0) is 13.0. The van der Waals surface area contributed by atoms with Crippen LogP contribution in [0.3, 0.4) is 0 Å². The first-order chi connectivity index (χ1) is 8.80. The van der Waals surface area contributed by atoms with Crippen LogP contribution in [0.15, 0.2) is 12.1 Å². The Morgan fingerprint density at radius 1 is 1.33 bits per heavy atom. The van der Waals surface area contributed by atoms with Crippen molar-refractivity contribution in [2.24, 2.45) is 0 Å². The summed E-state index contributed by atoms with van der Waals surface area (Å²) in [5, 5.41) is 3.26. The molecule has 1 saturated heterocycles. The Morgan fingerprint density at radius 2 is 2.11 bits per heavy atom. The molecular weight excluding hydrogens is 237 g/mol. The SMILES string of the molecule is COc1cc(C2CNCCO2)c(OC)cc1CF. The van der Waals surface area contributed by atoms with Crippen LogP contribution in [0.1, 0.15) is 17.2 Å². The smallest absolute Gasteiger partial charge is 0.125 e. The van der Waals surface area contributed by atoms with Crippen LogP contribution in [0.2, 0.25) is 0 Å². The molecule has 4 nitrogen and oxygen atoms in total. The van der Waals surface area contributed by atoms with Gasteiger partial charge in [-0.1, -0.05) is 0 Å². The number of morpholine rings is 1. The van der Waals surface area contributed by atoms with Gasteiger partial charge in [-0.3, -0.25) is 0 Å². The number of halogens is 1. The summed E-state index contributed by atoms with van der Waals surface area (Å²) in [5.41, 5.74) is 1.38. The molecule has 0 radical (unpaired) electrons. The molecule has 1 unspecified atom stereocenters. The van der Waals surface area contributed by atoms with E-state index in [0.717, 1.165) is 12.1 Å². The maximum Gasteiger partial charge on any atom is 0.125 e. The van der Waals surface area contributed by atoms with E-state index in [1.807, 2.05) is 0 Å². The van der Waals surface area contributed by atoms with E-state index in [1.54, 1.807) is 19.2 Å². The van der Waals surface area contributed by atoms with Crippen molar-refractivity contribution in [2.45, 2.75) is 12.8 Å². The van der Waals surface area contributed by atoms with Crippen LogP contribution >= 0.6 is 0 Å². The second-order valence-electron chi connectivity index (χ2n) is 4.10. The molecule has 0 saturated carbocycles. The van der Waals surface area contributed by atoms with E-state index in [0.29, 0.717) is 30.2 Å². The summed E-state index contributed by atoms with van der Waals surface area (Å²) >= 11 is 0. The fraction of sp³-hybridized carbons (Fsp3) is 0.538. The minimum Gasteiger partial charge on any atom is -0.496 e. The van der Waals surface area contributed by atoms with E-state index >= 15 is 0 Å². The maximum atomic E-state index is 12.9. The van der Waals surface area contributed by atoms with Crippen LogP contribution < -0.4 is 14.8 Å². The topological polar surface area (TPSA) is 39.7 Å². The predicted molar refractivity (Wildman–Crippen MR) is 65.9 cm³/mol. The maximum absolute atomic E-state index is 12.9. The van der Waals surface area contributed by atoms with Gasteiger partial charge in [-0.25, -0.2) is 4.39 Å². The zero-order valence-corrected chi connectivity index (χ0v) is 10.7.